The van der Waals surface area contributed by atoms with Crippen molar-refractivity contribution in [3.63, 3.8) is 0 Å². The van der Waals surface area contributed by atoms with Crippen LogP contribution in [0.5, 0.6) is 0 Å². The van der Waals surface area contributed by atoms with Gasteiger partial charge in [0.15, 0.2) is 12.4 Å². The molecule has 1 aliphatic heterocycles. The van der Waals surface area contributed by atoms with E-state index in [0.717, 1.165) is 24.2 Å². The summed E-state index contributed by atoms with van der Waals surface area (Å²) in [6.07, 6.45) is 2.87. The quantitative estimate of drug-likeness (QED) is 0.565. The van der Waals surface area contributed by atoms with Crippen LogP contribution in [-0.2, 0) is 23.9 Å². The minimum atomic E-state index is -1.03. The Balaban J connectivity index is 1.42. The lowest BCUT2D eigenvalue weighted by Gasteiger charge is -2.28. The monoisotopic (exact) mass is 403 g/mol. The number of amides is 3. The van der Waals surface area contributed by atoms with E-state index >= 15 is 0 Å². The van der Waals surface area contributed by atoms with Crippen LogP contribution in [0.15, 0.2) is 10.6 Å². The van der Waals surface area contributed by atoms with E-state index in [9.17, 15) is 19.2 Å². The average Bonchev–Trinajstić information content (AvgIpc) is 3.41. The third-order valence-electron chi connectivity index (χ3n) is 6.35. The van der Waals surface area contributed by atoms with E-state index in [1.165, 1.54) is 6.07 Å². The molecule has 9 heteroatoms. The fourth-order valence-electron chi connectivity index (χ4n) is 5.21. The van der Waals surface area contributed by atoms with E-state index in [1.54, 1.807) is 20.8 Å². The summed E-state index contributed by atoms with van der Waals surface area (Å²) >= 11 is 0. The van der Waals surface area contributed by atoms with Crippen molar-refractivity contribution in [3.8, 4) is 0 Å². The molecule has 1 aromatic heterocycles. The van der Waals surface area contributed by atoms with E-state index < -0.39 is 24.5 Å². The number of hydrogen-bond acceptors (Lipinski definition) is 7. The molecule has 9 nitrogen and oxygen atoms in total. The van der Waals surface area contributed by atoms with Crippen molar-refractivity contribution in [2.45, 2.75) is 46.1 Å². The predicted octanol–water partition coefficient (Wildman–Crippen LogP) is 1.52. The van der Waals surface area contributed by atoms with Crippen LogP contribution in [0.1, 0.15) is 38.9 Å². The molecule has 29 heavy (non-hydrogen) atoms. The highest BCUT2D eigenvalue weighted by Crippen LogP contribution is 2.56. The summed E-state index contributed by atoms with van der Waals surface area (Å²) in [6, 6.07) is 0.507. The van der Waals surface area contributed by atoms with Gasteiger partial charge in [-0.3, -0.25) is 19.3 Å². The van der Waals surface area contributed by atoms with Gasteiger partial charge in [0.25, 0.3) is 5.91 Å². The summed E-state index contributed by atoms with van der Waals surface area (Å²) < 4.78 is 10.0. The number of nitrogens with one attached hydrogen (secondary N) is 1. The molecule has 0 aromatic carbocycles. The van der Waals surface area contributed by atoms with E-state index in [2.05, 4.69) is 10.5 Å². The molecule has 1 aromatic rings. The van der Waals surface area contributed by atoms with E-state index in [0.29, 0.717) is 5.76 Å². The van der Waals surface area contributed by atoms with Crippen LogP contribution in [0, 0.1) is 36.5 Å². The second-order valence-electron chi connectivity index (χ2n) is 8.60. The largest absolute Gasteiger partial charge is 0.454 e. The number of rotatable bonds is 6. The molecule has 2 saturated carbocycles. The first-order valence-corrected chi connectivity index (χ1v) is 10.0. The van der Waals surface area contributed by atoms with Gasteiger partial charge in [0.05, 0.1) is 11.8 Å². The van der Waals surface area contributed by atoms with E-state index in [-0.39, 0.29) is 47.2 Å². The fourth-order valence-corrected chi connectivity index (χ4v) is 5.21. The van der Waals surface area contributed by atoms with Crippen LogP contribution in [0.2, 0.25) is 0 Å². The maximum Gasteiger partial charge on any atom is 0.330 e. The molecule has 5 atom stereocenters. The molecule has 3 amide bonds. The van der Waals surface area contributed by atoms with Gasteiger partial charge < -0.3 is 14.6 Å². The topological polar surface area (TPSA) is 119 Å². The zero-order chi connectivity index (χ0) is 20.9. The number of ether oxygens (including phenoxy) is 1. The molecule has 2 aliphatic carbocycles. The lowest BCUT2D eigenvalue weighted by molar-refractivity contribution is -0.162. The predicted molar refractivity (Wildman–Crippen MR) is 99.1 cm³/mol. The van der Waals surface area contributed by atoms with Crippen LogP contribution in [0.25, 0.3) is 0 Å². The highest BCUT2D eigenvalue weighted by Gasteiger charge is 2.62. The summed E-state index contributed by atoms with van der Waals surface area (Å²) in [6.45, 7) is 4.66. The zero-order valence-electron chi connectivity index (χ0n) is 16.7. The molecule has 4 rings (SSSR count). The standard InChI is InChI=1S/C20H25N3O6/c1-9(2)17(20(27)28-8-14(24)21-13-6-10(3)29-22-13)23-18(25)15-11-4-5-12(7-11)16(15)19(23)26/h6,9,11-12,15-17H,4-5,7-8H2,1-3H3,(H,21,22,24)/t11-,12-,15+,16+,17+/m1/s1. The second kappa shape index (κ2) is 7.27. The molecule has 2 heterocycles. The van der Waals surface area contributed by atoms with Crippen LogP contribution >= 0.6 is 0 Å². The molecule has 1 N–H and O–H groups in total. The van der Waals surface area contributed by atoms with E-state index in [1.807, 2.05) is 0 Å². The van der Waals surface area contributed by atoms with Crippen molar-refractivity contribution < 1.29 is 28.4 Å². The lowest BCUT2D eigenvalue weighted by Crippen LogP contribution is -2.50. The van der Waals surface area contributed by atoms with Crippen LogP contribution < -0.4 is 5.32 Å². The minimum Gasteiger partial charge on any atom is -0.454 e. The number of aromatic nitrogens is 1. The summed E-state index contributed by atoms with van der Waals surface area (Å²) in [7, 11) is 0. The Morgan fingerprint density at radius 3 is 2.38 bits per heavy atom. The van der Waals surface area contributed by atoms with Crippen molar-refractivity contribution in [2.75, 3.05) is 11.9 Å². The number of esters is 1. The Hall–Kier alpha value is -2.71. The van der Waals surface area contributed by atoms with Crippen molar-refractivity contribution in [1.82, 2.24) is 10.1 Å². The van der Waals surface area contributed by atoms with Crippen molar-refractivity contribution >= 4 is 29.5 Å². The molecular formula is C20H25N3O6. The molecule has 3 fully saturated rings. The first-order valence-electron chi connectivity index (χ1n) is 10.0. The fraction of sp³-hybridized carbons (Fsp3) is 0.650. The van der Waals surface area contributed by atoms with Crippen LogP contribution in [-0.4, -0.2) is 46.4 Å². The van der Waals surface area contributed by atoms with E-state index in [4.69, 9.17) is 9.26 Å². The van der Waals surface area contributed by atoms with Gasteiger partial charge in [-0.25, -0.2) is 4.79 Å². The first-order chi connectivity index (χ1) is 13.8. The Morgan fingerprint density at radius 1 is 1.24 bits per heavy atom. The molecule has 2 bridgehead atoms. The number of imide groups is 1. The number of carbonyl (C=O) groups excluding carboxylic acids is 4. The van der Waals surface area contributed by atoms with Crippen molar-refractivity contribution in [1.29, 1.82) is 0 Å². The van der Waals surface area contributed by atoms with Gasteiger partial charge in [0.1, 0.15) is 11.8 Å². The normalized spacial score (nSPS) is 28.8. The molecule has 0 radical (unpaired) electrons. The summed E-state index contributed by atoms with van der Waals surface area (Å²) in [5.41, 5.74) is 0. The smallest absolute Gasteiger partial charge is 0.330 e. The maximum absolute atomic E-state index is 13.0. The zero-order valence-corrected chi connectivity index (χ0v) is 16.7. The Labute approximate surface area is 168 Å². The first kappa shape index (κ1) is 19.6. The number of hydrogen-bond donors (Lipinski definition) is 1. The van der Waals surface area contributed by atoms with Gasteiger partial charge >= 0.3 is 5.97 Å². The molecule has 0 unspecified atom stereocenters. The van der Waals surface area contributed by atoms with Crippen LogP contribution in [0.3, 0.4) is 0 Å². The lowest BCUT2D eigenvalue weighted by atomic mass is 9.81. The molecule has 0 spiro atoms. The van der Waals surface area contributed by atoms with Crippen molar-refractivity contribution in [2.24, 2.45) is 29.6 Å². The third-order valence-corrected chi connectivity index (χ3v) is 6.35. The second-order valence-corrected chi connectivity index (χ2v) is 8.60. The van der Waals surface area contributed by atoms with Crippen molar-refractivity contribution in [3.05, 3.63) is 11.8 Å². The number of likely N-dealkylation sites (tertiary alicyclic amines) is 1. The number of aryl methyl sites for hydroxylation is 1. The number of carbonyl (C=O) groups is 4. The van der Waals surface area contributed by atoms with Gasteiger partial charge in [-0.1, -0.05) is 19.0 Å². The molecule has 1 saturated heterocycles. The van der Waals surface area contributed by atoms with Gasteiger partial charge in [0, 0.05) is 6.07 Å². The summed E-state index contributed by atoms with van der Waals surface area (Å²) in [5, 5.41) is 6.09. The summed E-state index contributed by atoms with van der Waals surface area (Å²) in [4.78, 5) is 51.9. The average molecular weight is 403 g/mol. The molecule has 156 valence electrons. The highest BCUT2D eigenvalue weighted by atomic mass is 16.5. The SMILES string of the molecule is Cc1cc(NC(=O)COC(=O)[C@H](C(C)C)N2C(=O)[C@H]3[C@@H]4CC[C@H](C4)[C@@H]3C2=O)no1. The minimum absolute atomic E-state index is 0.220. The van der Waals surface area contributed by atoms with Gasteiger partial charge in [0.2, 0.25) is 11.8 Å². The highest BCUT2D eigenvalue weighted by molar-refractivity contribution is 6.08. The summed E-state index contributed by atoms with van der Waals surface area (Å²) in [5.74, 6) is -1.53. The Morgan fingerprint density at radius 2 is 1.86 bits per heavy atom. The molecule has 3 aliphatic rings. The number of nitrogens with zero attached hydrogens (tertiary/aromatic N) is 2. The van der Waals surface area contributed by atoms with Gasteiger partial charge in [-0.2, -0.15) is 0 Å². The Bertz CT molecular complexity index is 834. The number of fused-ring (bicyclic) bond motifs is 5. The maximum atomic E-state index is 13.0. The Kier molecular flexibility index (Phi) is 4.92. The van der Waals surface area contributed by atoms with Crippen LogP contribution in [0.4, 0.5) is 5.82 Å². The van der Waals surface area contributed by atoms with Gasteiger partial charge in [-0.05, 0) is 43.9 Å². The molecular weight excluding hydrogens is 378 g/mol. The third kappa shape index (κ3) is 3.32. The van der Waals surface area contributed by atoms with Gasteiger partial charge in [-0.15, -0.1) is 0 Å². The number of anilines is 1.